The van der Waals surface area contributed by atoms with Gasteiger partial charge in [-0.25, -0.2) is 4.98 Å². The predicted molar refractivity (Wildman–Crippen MR) is 59.2 cm³/mol. The molecule has 1 fully saturated rings. The molecule has 4 nitrogen and oxygen atoms in total. The van der Waals surface area contributed by atoms with Crippen LogP contribution in [0.3, 0.4) is 0 Å². The Hall–Kier alpha value is -1.76. The molecule has 15 heavy (non-hydrogen) atoms. The molecular formula is C11H14N4. The fraction of sp³-hybridized carbons (Fsp3) is 0.455. The third-order valence-electron chi connectivity index (χ3n) is 2.85. The monoisotopic (exact) mass is 202 g/mol. The molecule has 1 aromatic rings. The van der Waals surface area contributed by atoms with Crippen LogP contribution in [0.15, 0.2) is 12.3 Å². The van der Waals surface area contributed by atoms with E-state index < -0.39 is 0 Å². The minimum atomic E-state index is 0.315. The smallest absolute Gasteiger partial charge is 0.144 e. The van der Waals surface area contributed by atoms with Crippen LogP contribution in [0.25, 0.3) is 0 Å². The van der Waals surface area contributed by atoms with Crippen molar-refractivity contribution in [2.24, 2.45) is 5.41 Å². The van der Waals surface area contributed by atoms with E-state index >= 15 is 0 Å². The Kier molecular flexibility index (Phi) is 2.04. The van der Waals surface area contributed by atoms with Crippen molar-refractivity contribution in [3.05, 3.63) is 17.8 Å². The van der Waals surface area contributed by atoms with Crippen molar-refractivity contribution >= 4 is 11.5 Å². The molecule has 4 heteroatoms. The molecule has 0 spiro atoms. The number of rotatable bonds is 2. The second kappa shape index (κ2) is 3.13. The van der Waals surface area contributed by atoms with Crippen molar-refractivity contribution in [2.45, 2.75) is 26.3 Å². The summed E-state index contributed by atoms with van der Waals surface area (Å²) in [4.78, 5) is 4.14. The zero-order valence-corrected chi connectivity index (χ0v) is 8.91. The van der Waals surface area contributed by atoms with E-state index in [9.17, 15) is 0 Å². The molecule has 1 heterocycles. The fourth-order valence-electron chi connectivity index (χ4n) is 1.56. The van der Waals surface area contributed by atoms with E-state index in [2.05, 4.69) is 30.2 Å². The average Bonchev–Trinajstić information content (AvgIpc) is 2.77. The minimum absolute atomic E-state index is 0.315. The van der Waals surface area contributed by atoms with Crippen molar-refractivity contribution in [1.82, 2.24) is 4.98 Å². The molecule has 3 N–H and O–H groups in total. The van der Waals surface area contributed by atoms with E-state index in [1.54, 1.807) is 12.3 Å². The van der Waals surface area contributed by atoms with Gasteiger partial charge in [0.15, 0.2) is 0 Å². The van der Waals surface area contributed by atoms with E-state index in [1.807, 2.05) is 0 Å². The van der Waals surface area contributed by atoms with Gasteiger partial charge in [-0.3, -0.25) is 0 Å². The number of nitrogens with one attached hydrogen (secondary N) is 1. The summed E-state index contributed by atoms with van der Waals surface area (Å²) >= 11 is 0. The molecule has 0 bridgehead atoms. The van der Waals surface area contributed by atoms with Crippen molar-refractivity contribution in [2.75, 3.05) is 11.1 Å². The van der Waals surface area contributed by atoms with Crippen LogP contribution in [-0.2, 0) is 0 Å². The van der Waals surface area contributed by atoms with Crippen LogP contribution < -0.4 is 11.1 Å². The fourth-order valence-corrected chi connectivity index (χ4v) is 1.56. The Morgan fingerprint density at radius 2 is 2.33 bits per heavy atom. The van der Waals surface area contributed by atoms with Gasteiger partial charge in [0.25, 0.3) is 0 Å². The summed E-state index contributed by atoms with van der Waals surface area (Å²) in [6.07, 6.45) is 2.68. The highest BCUT2D eigenvalue weighted by Gasteiger charge is 2.46. The zero-order chi connectivity index (χ0) is 11.1. The van der Waals surface area contributed by atoms with E-state index in [0.29, 0.717) is 28.5 Å². The van der Waals surface area contributed by atoms with E-state index in [-0.39, 0.29) is 0 Å². The van der Waals surface area contributed by atoms with Crippen molar-refractivity contribution in [3.63, 3.8) is 0 Å². The van der Waals surface area contributed by atoms with E-state index in [1.165, 1.54) is 0 Å². The van der Waals surface area contributed by atoms with Gasteiger partial charge in [0, 0.05) is 6.04 Å². The number of nitriles is 1. The number of aromatic nitrogens is 1. The maximum atomic E-state index is 8.92. The second-order valence-electron chi connectivity index (χ2n) is 4.67. The molecule has 0 aromatic carbocycles. The van der Waals surface area contributed by atoms with Gasteiger partial charge in [-0.2, -0.15) is 5.26 Å². The van der Waals surface area contributed by atoms with Gasteiger partial charge in [0.05, 0.1) is 17.4 Å². The lowest BCUT2D eigenvalue weighted by atomic mass is 10.2. The number of nitrogens with two attached hydrogens (primary N) is 1. The summed E-state index contributed by atoms with van der Waals surface area (Å²) in [5.74, 6) is 0.641. The predicted octanol–water partition coefficient (Wildman–Crippen LogP) is 1.75. The van der Waals surface area contributed by atoms with Gasteiger partial charge in [-0.1, -0.05) is 13.8 Å². The number of hydrogen-bond acceptors (Lipinski definition) is 4. The van der Waals surface area contributed by atoms with Crippen LogP contribution in [0.2, 0.25) is 0 Å². The lowest BCUT2D eigenvalue weighted by Crippen LogP contribution is -2.11. The van der Waals surface area contributed by atoms with Crippen LogP contribution >= 0.6 is 0 Å². The highest BCUT2D eigenvalue weighted by atomic mass is 15.1. The molecule has 1 aliphatic carbocycles. The van der Waals surface area contributed by atoms with Crippen LogP contribution in [0.1, 0.15) is 25.8 Å². The Balaban J connectivity index is 2.19. The quantitative estimate of drug-likeness (QED) is 0.766. The molecular weight excluding hydrogens is 188 g/mol. The molecule has 0 aliphatic heterocycles. The molecule has 1 aromatic heterocycles. The maximum Gasteiger partial charge on any atom is 0.144 e. The molecule has 0 radical (unpaired) electrons. The van der Waals surface area contributed by atoms with Gasteiger partial charge < -0.3 is 11.1 Å². The summed E-state index contributed by atoms with van der Waals surface area (Å²) < 4.78 is 0. The van der Waals surface area contributed by atoms with Gasteiger partial charge in [0.1, 0.15) is 11.9 Å². The van der Waals surface area contributed by atoms with Crippen molar-refractivity contribution < 1.29 is 0 Å². The summed E-state index contributed by atoms with van der Waals surface area (Å²) in [5, 5.41) is 12.2. The number of pyridine rings is 1. The second-order valence-corrected chi connectivity index (χ2v) is 4.67. The first-order chi connectivity index (χ1) is 7.03. The largest absolute Gasteiger partial charge is 0.397 e. The molecule has 0 amide bonds. The van der Waals surface area contributed by atoms with Gasteiger partial charge >= 0.3 is 0 Å². The lowest BCUT2D eigenvalue weighted by Gasteiger charge is -2.08. The summed E-state index contributed by atoms with van der Waals surface area (Å²) in [5.41, 5.74) is 6.91. The first kappa shape index (κ1) is 9.78. The number of nitrogen functional groups attached to an aromatic ring is 1. The third-order valence-corrected chi connectivity index (χ3v) is 2.85. The van der Waals surface area contributed by atoms with Crippen molar-refractivity contribution in [1.29, 1.82) is 5.26 Å². The Morgan fingerprint density at radius 3 is 2.87 bits per heavy atom. The minimum Gasteiger partial charge on any atom is -0.397 e. The first-order valence-corrected chi connectivity index (χ1v) is 4.95. The Labute approximate surface area is 89.1 Å². The zero-order valence-electron chi connectivity index (χ0n) is 8.91. The van der Waals surface area contributed by atoms with Gasteiger partial charge in [0.2, 0.25) is 0 Å². The lowest BCUT2D eigenvalue weighted by molar-refractivity contribution is 0.630. The normalized spacial score (nSPS) is 21.8. The summed E-state index contributed by atoms with van der Waals surface area (Å²) in [6, 6.07) is 4.15. The van der Waals surface area contributed by atoms with Crippen molar-refractivity contribution in [3.8, 4) is 6.07 Å². The van der Waals surface area contributed by atoms with Gasteiger partial charge in [-0.15, -0.1) is 0 Å². The summed E-state index contributed by atoms with van der Waals surface area (Å²) in [7, 11) is 0. The van der Waals surface area contributed by atoms with E-state index in [4.69, 9.17) is 11.0 Å². The maximum absolute atomic E-state index is 8.92. The average molecular weight is 202 g/mol. The van der Waals surface area contributed by atoms with Crippen LogP contribution in [0.5, 0.6) is 0 Å². The van der Waals surface area contributed by atoms with Crippen LogP contribution in [-0.4, -0.2) is 11.0 Å². The molecule has 1 aliphatic rings. The molecule has 0 saturated heterocycles. The molecule has 1 atom stereocenters. The number of anilines is 2. The van der Waals surface area contributed by atoms with Crippen LogP contribution in [0, 0.1) is 16.7 Å². The SMILES string of the molecule is CC1(C)CC1Nc1ncc(N)cc1C#N. The molecule has 1 unspecified atom stereocenters. The molecule has 2 rings (SSSR count). The Bertz CT molecular complexity index is 431. The Morgan fingerprint density at radius 1 is 1.67 bits per heavy atom. The number of nitrogens with zero attached hydrogens (tertiary/aromatic N) is 2. The summed E-state index contributed by atoms with van der Waals surface area (Å²) in [6.45, 7) is 4.38. The topological polar surface area (TPSA) is 74.7 Å². The van der Waals surface area contributed by atoms with Gasteiger partial charge in [-0.05, 0) is 17.9 Å². The van der Waals surface area contributed by atoms with E-state index in [0.717, 1.165) is 6.42 Å². The molecule has 78 valence electrons. The standard InChI is InChI=1S/C11H14N4/c1-11(2)4-9(11)15-10-7(5-12)3-8(13)6-14-10/h3,6,9H,4,13H2,1-2H3,(H,14,15). The molecule has 1 saturated carbocycles. The highest BCUT2D eigenvalue weighted by molar-refractivity contribution is 5.58. The van der Waals surface area contributed by atoms with Crippen LogP contribution in [0.4, 0.5) is 11.5 Å². The first-order valence-electron chi connectivity index (χ1n) is 4.95. The highest BCUT2D eigenvalue weighted by Crippen LogP contribution is 2.46. The number of hydrogen-bond donors (Lipinski definition) is 2. The third kappa shape index (κ3) is 1.86.